The highest BCUT2D eigenvalue weighted by molar-refractivity contribution is 5.84. The molecule has 0 aliphatic heterocycles. The number of carbonyl (C=O) groups is 1. The van der Waals surface area contributed by atoms with Gasteiger partial charge in [-0.1, -0.05) is 12.1 Å². The topological polar surface area (TPSA) is 74.8 Å². The second-order valence-electron chi connectivity index (χ2n) is 5.06. The van der Waals surface area contributed by atoms with Crippen LogP contribution < -0.4 is 16.0 Å². The molecule has 1 aliphatic rings. The summed E-state index contributed by atoms with van der Waals surface area (Å²) in [7, 11) is 3.11. The molecule has 21 heavy (non-hydrogen) atoms. The summed E-state index contributed by atoms with van der Waals surface area (Å²) in [5, 5.41) is 9.20. The molecule has 1 fully saturated rings. The normalized spacial score (nSPS) is 14.5. The van der Waals surface area contributed by atoms with Gasteiger partial charge >= 0.3 is 6.09 Å². The van der Waals surface area contributed by atoms with Crippen molar-refractivity contribution in [2.24, 2.45) is 10.9 Å². The van der Waals surface area contributed by atoms with Gasteiger partial charge in [-0.3, -0.25) is 10.3 Å². The predicted molar refractivity (Wildman–Crippen MR) is 83.4 cm³/mol. The number of benzene rings is 1. The summed E-state index contributed by atoms with van der Waals surface area (Å²) in [5.74, 6) is 1.63. The molecule has 2 rings (SSSR count). The van der Waals surface area contributed by atoms with Crippen molar-refractivity contribution < 1.29 is 9.53 Å². The number of guanidine groups is 1. The highest BCUT2D eigenvalue weighted by atomic mass is 16.5. The van der Waals surface area contributed by atoms with E-state index >= 15 is 0 Å². The molecule has 1 aromatic rings. The Morgan fingerprint density at radius 1 is 1.29 bits per heavy atom. The van der Waals surface area contributed by atoms with E-state index in [4.69, 9.17) is 0 Å². The van der Waals surface area contributed by atoms with Crippen molar-refractivity contribution in [3.63, 3.8) is 0 Å². The lowest BCUT2D eigenvalue weighted by Crippen LogP contribution is -2.37. The number of nitrogens with one attached hydrogen (secondary N) is 3. The lowest BCUT2D eigenvalue weighted by molar-refractivity contribution is 0.187. The van der Waals surface area contributed by atoms with Crippen molar-refractivity contribution in [2.75, 3.05) is 26.0 Å². The van der Waals surface area contributed by atoms with Crippen LogP contribution in [0, 0.1) is 5.92 Å². The maximum atomic E-state index is 11.1. The molecule has 6 heteroatoms. The fourth-order valence-electron chi connectivity index (χ4n) is 1.84. The third kappa shape index (κ3) is 5.33. The van der Waals surface area contributed by atoms with Crippen LogP contribution in [0.4, 0.5) is 10.5 Å². The largest absolute Gasteiger partial charge is 0.453 e. The van der Waals surface area contributed by atoms with Crippen LogP contribution in [0.15, 0.2) is 29.3 Å². The minimum absolute atomic E-state index is 0.467. The first kappa shape index (κ1) is 15.2. The molecule has 0 bridgehead atoms. The van der Waals surface area contributed by atoms with Crippen molar-refractivity contribution in [2.45, 2.75) is 19.4 Å². The van der Waals surface area contributed by atoms with Crippen molar-refractivity contribution in [3.05, 3.63) is 29.8 Å². The van der Waals surface area contributed by atoms with Crippen molar-refractivity contribution in [1.82, 2.24) is 10.6 Å². The fraction of sp³-hybridized carbons (Fsp3) is 0.467. The maximum absolute atomic E-state index is 11.1. The van der Waals surface area contributed by atoms with Gasteiger partial charge in [0.1, 0.15) is 0 Å². The number of carbonyl (C=O) groups excluding carboxylic acids is 1. The van der Waals surface area contributed by atoms with Crippen molar-refractivity contribution in [1.29, 1.82) is 0 Å². The smallest absolute Gasteiger partial charge is 0.411 e. The Morgan fingerprint density at radius 3 is 2.57 bits per heavy atom. The van der Waals surface area contributed by atoms with E-state index < -0.39 is 6.09 Å². The molecule has 0 atom stereocenters. The van der Waals surface area contributed by atoms with E-state index in [9.17, 15) is 4.79 Å². The van der Waals surface area contributed by atoms with Gasteiger partial charge in [-0.25, -0.2) is 4.79 Å². The van der Waals surface area contributed by atoms with Crippen LogP contribution in [-0.2, 0) is 11.3 Å². The molecular formula is C15H22N4O2. The summed E-state index contributed by atoms with van der Waals surface area (Å²) in [6, 6.07) is 7.58. The third-order valence-corrected chi connectivity index (χ3v) is 3.32. The van der Waals surface area contributed by atoms with Gasteiger partial charge < -0.3 is 15.4 Å². The quantitative estimate of drug-likeness (QED) is 0.572. The Labute approximate surface area is 125 Å². The Balaban J connectivity index is 1.77. The molecule has 6 nitrogen and oxygen atoms in total. The summed E-state index contributed by atoms with van der Waals surface area (Å²) in [5.41, 5.74) is 1.82. The van der Waals surface area contributed by atoms with Crippen LogP contribution in [0.3, 0.4) is 0 Å². The third-order valence-electron chi connectivity index (χ3n) is 3.32. The SMILES string of the molecule is CN=C(NCc1ccc(NC(=O)OC)cc1)NCC1CC1. The maximum Gasteiger partial charge on any atom is 0.411 e. The molecule has 1 aliphatic carbocycles. The van der Waals surface area contributed by atoms with Crippen LogP contribution >= 0.6 is 0 Å². The Morgan fingerprint density at radius 2 is 2.00 bits per heavy atom. The van der Waals surface area contributed by atoms with Crippen LogP contribution in [0.25, 0.3) is 0 Å². The summed E-state index contributed by atoms with van der Waals surface area (Å²) < 4.78 is 4.54. The molecule has 114 valence electrons. The highest BCUT2D eigenvalue weighted by Gasteiger charge is 2.20. The van der Waals surface area contributed by atoms with Crippen molar-refractivity contribution in [3.8, 4) is 0 Å². The number of nitrogens with zero attached hydrogens (tertiary/aromatic N) is 1. The van der Waals surface area contributed by atoms with Gasteiger partial charge in [0.15, 0.2) is 5.96 Å². The van der Waals surface area contributed by atoms with Crippen LogP contribution in [-0.4, -0.2) is 32.8 Å². The summed E-state index contributed by atoms with van der Waals surface area (Å²) in [6.07, 6.45) is 2.17. The zero-order valence-electron chi connectivity index (χ0n) is 12.5. The van der Waals surface area contributed by atoms with E-state index in [2.05, 4.69) is 25.7 Å². The van der Waals surface area contributed by atoms with Crippen LogP contribution in [0.2, 0.25) is 0 Å². The number of ether oxygens (including phenoxy) is 1. The van der Waals surface area contributed by atoms with E-state index in [0.29, 0.717) is 12.2 Å². The standard InChI is InChI=1S/C15H22N4O2/c1-16-14(17-9-11-3-4-11)18-10-12-5-7-13(8-6-12)19-15(20)21-2/h5-8,11H,3-4,9-10H2,1-2H3,(H,19,20)(H2,16,17,18). The zero-order chi connectivity index (χ0) is 15.1. The van der Waals surface area contributed by atoms with Gasteiger partial charge in [-0.05, 0) is 36.5 Å². The van der Waals surface area contributed by atoms with Gasteiger partial charge in [0.25, 0.3) is 0 Å². The van der Waals surface area contributed by atoms with Crippen LogP contribution in [0.1, 0.15) is 18.4 Å². The first-order valence-electron chi connectivity index (χ1n) is 7.09. The second-order valence-corrected chi connectivity index (χ2v) is 5.06. The highest BCUT2D eigenvalue weighted by Crippen LogP contribution is 2.27. The Kier molecular flexibility index (Phi) is 5.43. The summed E-state index contributed by atoms with van der Waals surface area (Å²) >= 11 is 0. The van der Waals surface area contributed by atoms with Gasteiger partial charge in [0.2, 0.25) is 0 Å². The number of anilines is 1. The summed E-state index contributed by atoms with van der Waals surface area (Å²) in [4.78, 5) is 15.3. The Bertz CT molecular complexity index is 495. The number of amides is 1. The minimum atomic E-state index is -0.467. The van der Waals surface area contributed by atoms with Gasteiger partial charge in [-0.15, -0.1) is 0 Å². The number of rotatable bonds is 5. The number of methoxy groups -OCH3 is 1. The van der Waals surface area contributed by atoms with E-state index in [1.807, 2.05) is 24.3 Å². The van der Waals surface area contributed by atoms with E-state index in [-0.39, 0.29) is 0 Å². The average Bonchev–Trinajstić information content (AvgIpc) is 3.33. The summed E-state index contributed by atoms with van der Waals surface area (Å²) in [6.45, 7) is 1.67. The molecular weight excluding hydrogens is 268 g/mol. The van der Waals surface area contributed by atoms with Gasteiger partial charge in [-0.2, -0.15) is 0 Å². The molecule has 3 N–H and O–H groups in total. The first-order chi connectivity index (χ1) is 10.2. The van der Waals surface area contributed by atoms with Gasteiger partial charge in [0.05, 0.1) is 7.11 Å². The molecule has 0 spiro atoms. The van der Waals surface area contributed by atoms with Gasteiger partial charge in [0, 0.05) is 25.8 Å². The van der Waals surface area contributed by atoms with E-state index in [0.717, 1.165) is 24.0 Å². The molecule has 0 aromatic heterocycles. The molecule has 0 saturated heterocycles. The predicted octanol–water partition coefficient (Wildman–Crippen LogP) is 1.94. The second kappa shape index (κ2) is 7.52. The first-order valence-corrected chi connectivity index (χ1v) is 7.09. The molecule has 1 aromatic carbocycles. The number of aliphatic imine (C=N–C) groups is 1. The van der Waals surface area contributed by atoms with E-state index in [1.165, 1.54) is 20.0 Å². The monoisotopic (exact) mass is 290 g/mol. The lowest BCUT2D eigenvalue weighted by Gasteiger charge is -2.12. The fourth-order valence-corrected chi connectivity index (χ4v) is 1.84. The molecule has 0 radical (unpaired) electrons. The van der Waals surface area contributed by atoms with E-state index in [1.54, 1.807) is 7.05 Å². The van der Waals surface area contributed by atoms with Crippen molar-refractivity contribution >= 4 is 17.7 Å². The molecule has 1 amide bonds. The lowest BCUT2D eigenvalue weighted by atomic mass is 10.2. The number of hydrogen-bond acceptors (Lipinski definition) is 3. The minimum Gasteiger partial charge on any atom is -0.453 e. The molecule has 1 saturated carbocycles. The van der Waals surface area contributed by atoms with Crippen LogP contribution in [0.5, 0.6) is 0 Å². The number of hydrogen-bond donors (Lipinski definition) is 3. The Hall–Kier alpha value is -2.24. The average molecular weight is 290 g/mol. The molecule has 0 unspecified atom stereocenters. The molecule has 0 heterocycles. The zero-order valence-corrected chi connectivity index (χ0v) is 12.5.